The number of rotatable bonds is 7. The van der Waals surface area contributed by atoms with E-state index in [1.807, 2.05) is 0 Å². The fourth-order valence-electron chi connectivity index (χ4n) is 2.94. The van der Waals surface area contributed by atoms with Gasteiger partial charge in [0.1, 0.15) is 5.82 Å². The minimum Gasteiger partial charge on any atom is -0.359 e. The Bertz CT molecular complexity index is 1260. The van der Waals surface area contributed by atoms with Gasteiger partial charge in [-0.05, 0) is 66.6 Å². The molecule has 0 aliphatic heterocycles. The van der Waals surface area contributed by atoms with Crippen LogP contribution < -0.4 is 15.4 Å². The summed E-state index contributed by atoms with van der Waals surface area (Å²) in [5, 5.41) is 5.31. The van der Waals surface area contributed by atoms with Gasteiger partial charge in [-0.3, -0.25) is 14.3 Å². The van der Waals surface area contributed by atoms with E-state index in [-0.39, 0.29) is 28.5 Å². The number of benzene rings is 3. The second kappa shape index (κ2) is 9.61. The molecule has 3 aromatic carbocycles. The van der Waals surface area contributed by atoms with Gasteiger partial charge in [-0.2, -0.15) is 0 Å². The first-order valence-electron chi connectivity index (χ1n) is 9.68. The van der Waals surface area contributed by atoms with Crippen molar-refractivity contribution in [3.8, 4) is 0 Å². The van der Waals surface area contributed by atoms with Gasteiger partial charge in [0.05, 0.1) is 11.3 Å². The number of anilines is 2. The lowest BCUT2D eigenvalue weighted by Crippen LogP contribution is -2.21. The molecule has 0 atom stereocenters. The summed E-state index contributed by atoms with van der Waals surface area (Å²) < 4.78 is 40.9. The number of likely N-dealkylation sites (N-methyl/N-ethyl adjacent to an activating group) is 1. The monoisotopic (exact) mass is 455 g/mol. The van der Waals surface area contributed by atoms with Crippen LogP contribution in [0.2, 0.25) is 0 Å². The Balaban J connectivity index is 1.72. The number of aryl methyl sites for hydroxylation is 1. The molecule has 0 fully saturated rings. The second-order valence-electron chi connectivity index (χ2n) is 7.06. The molecule has 3 N–H and O–H groups in total. The van der Waals surface area contributed by atoms with E-state index in [4.69, 9.17) is 0 Å². The summed E-state index contributed by atoms with van der Waals surface area (Å²) in [6, 6.07) is 16.4. The zero-order valence-electron chi connectivity index (χ0n) is 17.5. The molecule has 0 aliphatic rings. The van der Waals surface area contributed by atoms with E-state index < -0.39 is 21.7 Å². The van der Waals surface area contributed by atoms with Crippen molar-refractivity contribution in [2.45, 2.75) is 18.2 Å². The molecule has 32 heavy (non-hydrogen) atoms. The summed E-state index contributed by atoms with van der Waals surface area (Å²) >= 11 is 0. The van der Waals surface area contributed by atoms with Crippen LogP contribution in [0.25, 0.3) is 0 Å². The van der Waals surface area contributed by atoms with Crippen LogP contribution in [-0.2, 0) is 21.2 Å². The van der Waals surface area contributed by atoms with Gasteiger partial charge in [0, 0.05) is 24.0 Å². The lowest BCUT2D eigenvalue weighted by Gasteiger charge is -2.12. The number of carbonyl (C=O) groups is 2. The van der Waals surface area contributed by atoms with Crippen LogP contribution in [0.1, 0.15) is 21.5 Å². The van der Waals surface area contributed by atoms with E-state index in [2.05, 4.69) is 15.4 Å². The van der Waals surface area contributed by atoms with E-state index in [1.165, 1.54) is 50.4 Å². The maximum Gasteiger partial charge on any atom is 0.261 e. The molecule has 9 heteroatoms. The van der Waals surface area contributed by atoms with E-state index in [1.54, 1.807) is 24.3 Å². The average molecular weight is 456 g/mol. The standard InChI is InChI=1S/C23H22FN3O4S/c1-15-13-19(11-12-20(15)24)32(30,31)27-18-9-7-16(8-10-18)23(29)26-21-6-4-3-5-17(21)14-22(28)25-2/h3-13,27H,14H2,1-2H3,(H,25,28)(H,26,29). The minimum absolute atomic E-state index is 0.0639. The van der Waals surface area contributed by atoms with Crippen LogP contribution in [0.4, 0.5) is 15.8 Å². The van der Waals surface area contributed by atoms with Crippen molar-refractivity contribution in [1.82, 2.24) is 5.32 Å². The molecular formula is C23H22FN3O4S. The maximum absolute atomic E-state index is 13.4. The SMILES string of the molecule is CNC(=O)Cc1ccccc1NC(=O)c1ccc(NS(=O)(=O)c2ccc(F)c(C)c2)cc1. The lowest BCUT2D eigenvalue weighted by atomic mass is 10.1. The lowest BCUT2D eigenvalue weighted by molar-refractivity contribution is -0.119. The molecule has 0 aromatic heterocycles. The summed E-state index contributed by atoms with van der Waals surface area (Å²) in [4.78, 5) is 24.2. The molecule has 2 amide bonds. The number of amides is 2. The number of halogens is 1. The molecule has 0 bridgehead atoms. The summed E-state index contributed by atoms with van der Waals surface area (Å²) in [7, 11) is -2.37. The summed E-state index contributed by atoms with van der Waals surface area (Å²) in [6.07, 6.45) is 0.122. The third-order valence-electron chi connectivity index (χ3n) is 4.73. The van der Waals surface area contributed by atoms with Crippen molar-refractivity contribution >= 4 is 33.2 Å². The zero-order valence-corrected chi connectivity index (χ0v) is 18.3. The number of para-hydroxylation sites is 1. The highest BCUT2D eigenvalue weighted by molar-refractivity contribution is 7.92. The number of hydrogen-bond acceptors (Lipinski definition) is 4. The molecule has 0 heterocycles. The van der Waals surface area contributed by atoms with Crippen LogP contribution in [0.15, 0.2) is 71.6 Å². The third-order valence-corrected chi connectivity index (χ3v) is 6.11. The van der Waals surface area contributed by atoms with Gasteiger partial charge in [-0.25, -0.2) is 12.8 Å². The van der Waals surface area contributed by atoms with Crippen LogP contribution in [-0.4, -0.2) is 27.3 Å². The smallest absolute Gasteiger partial charge is 0.261 e. The van der Waals surface area contributed by atoms with Gasteiger partial charge < -0.3 is 10.6 Å². The zero-order chi connectivity index (χ0) is 23.3. The molecule has 166 valence electrons. The first-order valence-corrected chi connectivity index (χ1v) is 11.2. The number of hydrogen-bond donors (Lipinski definition) is 3. The van der Waals surface area contributed by atoms with Gasteiger partial charge in [0.15, 0.2) is 0 Å². The predicted molar refractivity (Wildman–Crippen MR) is 121 cm³/mol. The summed E-state index contributed by atoms with van der Waals surface area (Å²) in [6.45, 7) is 1.48. The average Bonchev–Trinajstić information content (AvgIpc) is 2.77. The third kappa shape index (κ3) is 5.50. The predicted octanol–water partition coefficient (Wildman–Crippen LogP) is 3.48. The molecule has 0 aliphatic carbocycles. The number of nitrogens with one attached hydrogen (secondary N) is 3. The fourth-order valence-corrected chi connectivity index (χ4v) is 4.08. The van der Waals surface area contributed by atoms with Crippen LogP contribution in [0.3, 0.4) is 0 Å². The van der Waals surface area contributed by atoms with Crippen molar-refractivity contribution in [3.63, 3.8) is 0 Å². The summed E-state index contributed by atoms with van der Waals surface area (Å²) in [5.74, 6) is -1.08. The van der Waals surface area contributed by atoms with Gasteiger partial charge in [-0.15, -0.1) is 0 Å². The Morgan fingerprint density at radius 1 is 0.969 bits per heavy atom. The number of carbonyl (C=O) groups excluding carboxylic acids is 2. The Labute approximate surface area is 185 Å². The Kier molecular flexibility index (Phi) is 6.89. The maximum atomic E-state index is 13.4. The minimum atomic E-state index is -3.91. The number of sulfonamides is 1. The first kappa shape index (κ1) is 23.0. The Morgan fingerprint density at radius 3 is 2.31 bits per heavy atom. The molecule has 0 unspecified atom stereocenters. The van der Waals surface area contributed by atoms with Gasteiger partial charge in [0.25, 0.3) is 15.9 Å². The normalized spacial score (nSPS) is 11.0. The van der Waals surface area contributed by atoms with Crippen molar-refractivity contribution in [2.24, 2.45) is 0 Å². The van der Waals surface area contributed by atoms with Gasteiger partial charge in [-0.1, -0.05) is 18.2 Å². The first-order chi connectivity index (χ1) is 15.2. The molecule has 3 rings (SSSR count). The van der Waals surface area contributed by atoms with Crippen molar-refractivity contribution < 1.29 is 22.4 Å². The van der Waals surface area contributed by atoms with E-state index in [9.17, 15) is 22.4 Å². The highest BCUT2D eigenvalue weighted by atomic mass is 32.2. The van der Waals surface area contributed by atoms with Crippen molar-refractivity contribution in [1.29, 1.82) is 0 Å². The highest BCUT2D eigenvalue weighted by Crippen LogP contribution is 2.20. The molecule has 0 saturated heterocycles. The van der Waals surface area contributed by atoms with Crippen molar-refractivity contribution in [3.05, 3.63) is 89.2 Å². The van der Waals surface area contributed by atoms with Gasteiger partial charge >= 0.3 is 0 Å². The molecule has 7 nitrogen and oxygen atoms in total. The molecule has 3 aromatic rings. The van der Waals surface area contributed by atoms with E-state index in [0.717, 1.165) is 6.07 Å². The van der Waals surface area contributed by atoms with Crippen molar-refractivity contribution in [2.75, 3.05) is 17.1 Å². The largest absolute Gasteiger partial charge is 0.359 e. The van der Waals surface area contributed by atoms with E-state index >= 15 is 0 Å². The Morgan fingerprint density at radius 2 is 1.66 bits per heavy atom. The van der Waals surface area contributed by atoms with Crippen LogP contribution in [0.5, 0.6) is 0 Å². The molecule has 0 spiro atoms. The van der Waals surface area contributed by atoms with Gasteiger partial charge in [0.2, 0.25) is 5.91 Å². The summed E-state index contributed by atoms with van der Waals surface area (Å²) in [5.41, 5.74) is 1.96. The topological polar surface area (TPSA) is 104 Å². The molecule has 0 radical (unpaired) electrons. The van der Waals surface area contributed by atoms with Crippen LogP contribution >= 0.6 is 0 Å². The Hall–Kier alpha value is -3.72. The fraction of sp³-hybridized carbons (Fsp3) is 0.130. The van der Waals surface area contributed by atoms with E-state index in [0.29, 0.717) is 16.8 Å². The highest BCUT2D eigenvalue weighted by Gasteiger charge is 2.16. The molecule has 0 saturated carbocycles. The molecular weight excluding hydrogens is 433 g/mol. The van der Waals surface area contributed by atoms with Crippen LogP contribution in [0, 0.1) is 12.7 Å². The second-order valence-corrected chi connectivity index (χ2v) is 8.74. The quantitative estimate of drug-likeness (QED) is 0.507.